The first-order valence-corrected chi connectivity index (χ1v) is 3.61. The minimum Gasteiger partial charge on any atom is -0.352 e. The van der Waals surface area contributed by atoms with Crippen molar-refractivity contribution in [2.45, 2.75) is 13.0 Å². The van der Waals surface area contributed by atoms with Gasteiger partial charge in [-0.25, -0.2) is 0 Å². The summed E-state index contributed by atoms with van der Waals surface area (Å²) in [4.78, 5) is 10.9. The van der Waals surface area contributed by atoms with E-state index in [0.29, 0.717) is 13.0 Å². The highest BCUT2D eigenvalue weighted by molar-refractivity contribution is 5.80. The zero-order valence-corrected chi connectivity index (χ0v) is 6.05. The molecule has 1 aromatic carbocycles. The van der Waals surface area contributed by atoms with Crippen molar-refractivity contribution in [3.05, 3.63) is 35.4 Å². The number of carbonyl (C=O) groups is 1. The van der Waals surface area contributed by atoms with E-state index in [2.05, 4.69) is 11.4 Å². The molecule has 0 aromatic heterocycles. The van der Waals surface area contributed by atoms with E-state index >= 15 is 0 Å². The third-order valence-corrected chi connectivity index (χ3v) is 1.85. The van der Waals surface area contributed by atoms with Gasteiger partial charge < -0.3 is 5.32 Å². The van der Waals surface area contributed by atoms with Gasteiger partial charge in [-0.15, -0.1) is 0 Å². The van der Waals surface area contributed by atoms with Crippen LogP contribution >= 0.6 is 0 Å². The second-order valence-corrected chi connectivity index (χ2v) is 2.63. The molecule has 0 unspecified atom stereocenters. The third-order valence-electron chi connectivity index (χ3n) is 1.85. The molecule has 1 radical (unpaired) electrons. The highest BCUT2D eigenvalue weighted by Crippen LogP contribution is 2.11. The van der Waals surface area contributed by atoms with Gasteiger partial charge in [-0.2, -0.15) is 0 Å². The molecule has 0 spiro atoms. The zero-order chi connectivity index (χ0) is 7.68. The van der Waals surface area contributed by atoms with E-state index in [1.165, 1.54) is 0 Å². The van der Waals surface area contributed by atoms with Crippen molar-refractivity contribution in [3.8, 4) is 0 Å². The predicted octanol–water partition coefficient (Wildman–Crippen LogP) is 0.659. The van der Waals surface area contributed by atoms with Crippen molar-refractivity contribution in [1.82, 2.24) is 5.32 Å². The summed E-state index contributed by atoms with van der Waals surface area (Å²) in [5, 5.41) is 2.77. The lowest BCUT2D eigenvalue weighted by Gasteiger charge is -2.15. The van der Waals surface area contributed by atoms with Gasteiger partial charge in [0.15, 0.2) is 0 Å². The van der Waals surface area contributed by atoms with Crippen LogP contribution in [0.1, 0.15) is 11.1 Å². The number of fused-ring (bicyclic) bond motifs is 1. The summed E-state index contributed by atoms with van der Waals surface area (Å²) in [7, 11) is 0. The number of nitrogens with one attached hydrogen (secondary N) is 1. The molecule has 0 bridgehead atoms. The molecule has 0 fully saturated rings. The van der Waals surface area contributed by atoms with E-state index in [0.717, 1.165) is 11.1 Å². The summed E-state index contributed by atoms with van der Waals surface area (Å²) >= 11 is 0. The molecule has 2 nitrogen and oxygen atoms in total. The average molecular weight is 146 g/mol. The smallest absolute Gasteiger partial charge is 0.224 e. The summed E-state index contributed by atoms with van der Waals surface area (Å²) in [5.41, 5.74) is 2.23. The Balaban J connectivity index is 2.41. The van der Waals surface area contributed by atoms with Gasteiger partial charge in [-0.1, -0.05) is 18.2 Å². The van der Waals surface area contributed by atoms with Crippen molar-refractivity contribution in [2.75, 3.05) is 0 Å². The fraction of sp³-hybridized carbons (Fsp3) is 0.222. The molecule has 0 saturated heterocycles. The van der Waals surface area contributed by atoms with Gasteiger partial charge in [-0.05, 0) is 17.2 Å². The number of benzene rings is 1. The summed E-state index contributed by atoms with van der Waals surface area (Å²) < 4.78 is 0. The van der Waals surface area contributed by atoms with Gasteiger partial charge in [0.25, 0.3) is 0 Å². The van der Waals surface area contributed by atoms with Crippen LogP contribution in [0.2, 0.25) is 0 Å². The Kier molecular flexibility index (Phi) is 1.39. The first-order valence-electron chi connectivity index (χ1n) is 3.61. The van der Waals surface area contributed by atoms with Crippen LogP contribution < -0.4 is 5.32 Å². The van der Waals surface area contributed by atoms with Crippen LogP contribution in [0.4, 0.5) is 0 Å². The molecule has 11 heavy (non-hydrogen) atoms. The number of hydrogen-bond donors (Lipinski definition) is 1. The third kappa shape index (κ3) is 1.11. The van der Waals surface area contributed by atoms with Gasteiger partial charge >= 0.3 is 0 Å². The standard InChI is InChI=1S/C9H8NO/c11-9-5-7-3-1-2-4-8(7)6-10-9/h1-3H,5-6H2,(H,10,11). The minimum absolute atomic E-state index is 0.108. The Morgan fingerprint density at radius 3 is 3.36 bits per heavy atom. The highest BCUT2D eigenvalue weighted by Gasteiger charge is 2.12. The first kappa shape index (κ1) is 6.40. The minimum atomic E-state index is 0.108. The van der Waals surface area contributed by atoms with E-state index < -0.39 is 0 Å². The number of rotatable bonds is 0. The second kappa shape index (κ2) is 2.38. The second-order valence-electron chi connectivity index (χ2n) is 2.63. The Hall–Kier alpha value is -1.31. The fourth-order valence-corrected chi connectivity index (χ4v) is 1.26. The molecule has 55 valence electrons. The van der Waals surface area contributed by atoms with E-state index in [-0.39, 0.29) is 5.91 Å². The molecule has 2 rings (SSSR count). The topological polar surface area (TPSA) is 29.1 Å². The maximum Gasteiger partial charge on any atom is 0.224 e. The van der Waals surface area contributed by atoms with E-state index in [1.54, 1.807) is 0 Å². The molecule has 0 aliphatic carbocycles. The van der Waals surface area contributed by atoms with Gasteiger partial charge in [0.05, 0.1) is 6.42 Å². The Bertz CT molecular complexity index is 293. The van der Waals surface area contributed by atoms with E-state index in [9.17, 15) is 4.79 Å². The lowest BCUT2D eigenvalue weighted by molar-refractivity contribution is -0.121. The molecule has 0 atom stereocenters. The highest BCUT2D eigenvalue weighted by atomic mass is 16.1. The van der Waals surface area contributed by atoms with Crippen molar-refractivity contribution in [2.24, 2.45) is 0 Å². The van der Waals surface area contributed by atoms with Crippen molar-refractivity contribution in [3.63, 3.8) is 0 Å². The summed E-state index contributed by atoms with van der Waals surface area (Å²) in [6.45, 7) is 0.634. The molecule has 1 N–H and O–H groups in total. The fourth-order valence-electron chi connectivity index (χ4n) is 1.26. The van der Waals surface area contributed by atoms with Crippen LogP contribution in [0, 0.1) is 6.07 Å². The molecular weight excluding hydrogens is 138 g/mol. The monoisotopic (exact) mass is 146 g/mol. The van der Waals surface area contributed by atoms with E-state index in [4.69, 9.17) is 0 Å². The number of carbonyl (C=O) groups excluding carboxylic acids is 1. The van der Waals surface area contributed by atoms with Crippen LogP contribution in [-0.4, -0.2) is 5.91 Å². The molecule has 2 heteroatoms. The molecule has 1 heterocycles. The quantitative estimate of drug-likeness (QED) is 0.572. The van der Waals surface area contributed by atoms with Crippen molar-refractivity contribution in [1.29, 1.82) is 0 Å². The van der Waals surface area contributed by atoms with Gasteiger partial charge in [0.2, 0.25) is 5.91 Å². The molecule has 0 saturated carbocycles. The summed E-state index contributed by atoms with van der Waals surface area (Å²) in [6.07, 6.45) is 0.507. The Morgan fingerprint density at radius 2 is 2.45 bits per heavy atom. The SMILES string of the molecule is O=C1Cc2ccc[c]c2CN1. The normalized spacial score (nSPS) is 15.5. The van der Waals surface area contributed by atoms with Gasteiger partial charge in [0.1, 0.15) is 0 Å². The number of amides is 1. The van der Waals surface area contributed by atoms with Crippen molar-refractivity contribution >= 4 is 5.91 Å². The maximum absolute atomic E-state index is 10.9. The maximum atomic E-state index is 10.9. The van der Waals surface area contributed by atoms with Crippen LogP contribution in [0.25, 0.3) is 0 Å². The lowest BCUT2D eigenvalue weighted by Crippen LogP contribution is -2.30. The molecule has 1 amide bonds. The Labute approximate surface area is 65.2 Å². The number of hydrogen-bond acceptors (Lipinski definition) is 1. The van der Waals surface area contributed by atoms with Crippen LogP contribution in [0.15, 0.2) is 18.2 Å². The largest absolute Gasteiger partial charge is 0.352 e. The van der Waals surface area contributed by atoms with Crippen LogP contribution in [0.3, 0.4) is 0 Å². The average Bonchev–Trinajstić information content (AvgIpc) is 2.04. The lowest BCUT2D eigenvalue weighted by atomic mass is 10.0. The summed E-state index contributed by atoms with van der Waals surface area (Å²) in [5.74, 6) is 0.108. The van der Waals surface area contributed by atoms with Crippen LogP contribution in [-0.2, 0) is 17.8 Å². The summed E-state index contributed by atoms with van der Waals surface area (Å²) in [6, 6.07) is 8.86. The molecule has 1 aliphatic rings. The van der Waals surface area contributed by atoms with Crippen LogP contribution in [0.5, 0.6) is 0 Å². The molecule has 1 aromatic rings. The Morgan fingerprint density at radius 1 is 1.55 bits per heavy atom. The molecular formula is C9H8NO. The van der Waals surface area contributed by atoms with Gasteiger partial charge in [0, 0.05) is 6.54 Å². The van der Waals surface area contributed by atoms with E-state index in [1.807, 2.05) is 18.2 Å². The first-order chi connectivity index (χ1) is 5.36. The zero-order valence-electron chi connectivity index (χ0n) is 6.05. The molecule has 1 aliphatic heterocycles. The predicted molar refractivity (Wildman–Crippen MR) is 40.8 cm³/mol. The van der Waals surface area contributed by atoms with Crippen molar-refractivity contribution < 1.29 is 4.79 Å². The van der Waals surface area contributed by atoms with Gasteiger partial charge in [-0.3, -0.25) is 4.79 Å².